The summed E-state index contributed by atoms with van der Waals surface area (Å²) in [5.74, 6) is 0.0128. The fourth-order valence-electron chi connectivity index (χ4n) is 1.58. The van der Waals surface area contributed by atoms with E-state index in [4.69, 9.17) is 9.47 Å². The Labute approximate surface area is 113 Å². The van der Waals surface area contributed by atoms with E-state index in [0.29, 0.717) is 24.3 Å². The summed E-state index contributed by atoms with van der Waals surface area (Å²) in [6.07, 6.45) is 2.12. The molecule has 0 aromatic heterocycles. The van der Waals surface area contributed by atoms with Crippen molar-refractivity contribution in [2.24, 2.45) is 0 Å². The second kappa shape index (κ2) is 7.56. The first kappa shape index (κ1) is 15.2. The van der Waals surface area contributed by atoms with Crippen LogP contribution in [-0.2, 0) is 9.59 Å². The van der Waals surface area contributed by atoms with Gasteiger partial charge in [0, 0.05) is 12.8 Å². The third-order valence-corrected chi connectivity index (χ3v) is 2.52. The van der Waals surface area contributed by atoms with Gasteiger partial charge in [0.25, 0.3) is 0 Å². The maximum atomic E-state index is 11.6. The summed E-state index contributed by atoms with van der Waals surface area (Å²) >= 11 is 0. The van der Waals surface area contributed by atoms with Crippen molar-refractivity contribution in [1.82, 2.24) is 0 Å². The number of para-hydroxylation sites is 1. The van der Waals surface area contributed by atoms with Crippen LogP contribution in [0.5, 0.6) is 11.5 Å². The quantitative estimate of drug-likeness (QED) is 0.583. The molecule has 0 unspecified atom stereocenters. The Morgan fingerprint density at radius 1 is 1.00 bits per heavy atom. The Bertz CT molecular complexity index is 451. The van der Waals surface area contributed by atoms with E-state index in [1.54, 1.807) is 12.1 Å². The third kappa shape index (κ3) is 4.73. The molecule has 0 saturated carbocycles. The lowest BCUT2D eigenvalue weighted by atomic mass is 10.2. The Hall–Kier alpha value is -1.84. The SMILES string of the molecule is CCCC(=O)Oc1cccc(C)c1OC(=O)CCC. The average Bonchev–Trinajstić information content (AvgIpc) is 2.34. The summed E-state index contributed by atoms with van der Waals surface area (Å²) < 4.78 is 10.5. The Kier molecular flexibility index (Phi) is 6.06. The van der Waals surface area contributed by atoms with Crippen LogP contribution in [0.3, 0.4) is 0 Å². The zero-order valence-corrected chi connectivity index (χ0v) is 11.7. The smallest absolute Gasteiger partial charge is 0.311 e. The molecule has 0 atom stereocenters. The number of aryl methyl sites for hydroxylation is 1. The molecular weight excluding hydrogens is 244 g/mol. The van der Waals surface area contributed by atoms with Crippen molar-refractivity contribution in [2.75, 3.05) is 0 Å². The van der Waals surface area contributed by atoms with Gasteiger partial charge in [-0.05, 0) is 31.4 Å². The predicted octanol–water partition coefficient (Wildman–Crippen LogP) is 3.41. The van der Waals surface area contributed by atoms with Crippen LogP contribution < -0.4 is 9.47 Å². The van der Waals surface area contributed by atoms with E-state index in [9.17, 15) is 9.59 Å². The minimum Gasteiger partial charge on any atom is -0.423 e. The molecular formula is C15H20O4. The van der Waals surface area contributed by atoms with Crippen LogP contribution in [0.25, 0.3) is 0 Å². The van der Waals surface area contributed by atoms with Crippen LogP contribution >= 0.6 is 0 Å². The summed E-state index contributed by atoms with van der Waals surface area (Å²) in [5.41, 5.74) is 0.770. The van der Waals surface area contributed by atoms with Crippen molar-refractivity contribution in [3.63, 3.8) is 0 Å². The maximum absolute atomic E-state index is 11.6. The van der Waals surface area contributed by atoms with Gasteiger partial charge < -0.3 is 9.47 Å². The molecule has 4 nitrogen and oxygen atoms in total. The largest absolute Gasteiger partial charge is 0.423 e. The van der Waals surface area contributed by atoms with Gasteiger partial charge in [0.2, 0.25) is 0 Å². The van der Waals surface area contributed by atoms with Crippen LogP contribution in [0, 0.1) is 6.92 Å². The molecule has 1 rings (SSSR count). The van der Waals surface area contributed by atoms with Crippen molar-refractivity contribution in [3.05, 3.63) is 23.8 Å². The zero-order chi connectivity index (χ0) is 14.3. The highest BCUT2D eigenvalue weighted by molar-refractivity contribution is 5.76. The standard InChI is InChI=1S/C15H20O4/c1-4-7-13(16)18-12-10-6-9-11(3)15(12)19-14(17)8-5-2/h6,9-10H,4-5,7-8H2,1-3H3. The molecule has 1 aromatic rings. The average molecular weight is 264 g/mol. The van der Waals surface area contributed by atoms with E-state index >= 15 is 0 Å². The number of esters is 2. The van der Waals surface area contributed by atoms with E-state index < -0.39 is 0 Å². The first-order valence-corrected chi connectivity index (χ1v) is 6.59. The lowest BCUT2D eigenvalue weighted by Gasteiger charge is -2.12. The molecule has 0 aliphatic rings. The molecule has 0 heterocycles. The predicted molar refractivity (Wildman–Crippen MR) is 72.3 cm³/mol. The molecule has 0 fully saturated rings. The molecule has 19 heavy (non-hydrogen) atoms. The van der Waals surface area contributed by atoms with E-state index in [1.807, 2.05) is 26.8 Å². The fourth-order valence-corrected chi connectivity index (χ4v) is 1.58. The van der Waals surface area contributed by atoms with Crippen LogP contribution in [-0.4, -0.2) is 11.9 Å². The molecule has 0 radical (unpaired) electrons. The molecule has 0 aliphatic carbocycles. The molecule has 104 valence electrons. The van der Waals surface area contributed by atoms with E-state index in [0.717, 1.165) is 18.4 Å². The van der Waals surface area contributed by atoms with Crippen molar-refractivity contribution in [1.29, 1.82) is 0 Å². The summed E-state index contributed by atoms with van der Waals surface area (Å²) in [6.45, 7) is 5.62. The van der Waals surface area contributed by atoms with Gasteiger partial charge in [-0.1, -0.05) is 26.0 Å². The van der Waals surface area contributed by atoms with Crippen LogP contribution in [0.15, 0.2) is 18.2 Å². The molecule has 4 heteroatoms. The van der Waals surface area contributed by atoms with Crippen molar-refractivity contribution >= 4 is 11.9 Å². The second-order valence-electron chi connectivity index (χ2n) is 4.35. The first-order valence-electron chi connectivity index (χ1n) is 6.59. The summed E-state index contributed by atoms with van der Waals surface area (Å²) in [7, 11) is 0. The highest BCUT2D eigenvalue weighted by Crippen LogP contribution is 2.31. The van der Waals surface area contributed by atoms with E-state index in [2.05, 4.69) is 0 Å². The Morgan fingerprint density at radius 2 is 1.58 bits per heavy atom. The van der Waals surface area contributed by atoms with Gasteiger partial charge in [-0.3, -0.25) is 9.59 Å². The topological polar surface area (TPSA) is 52.6 Å². The van der Waals surface area contributed by atoms with Crippen molar-refractivity contribution in [2.45, 2.75) is 46.5 Å². The van der Waals surface area contributed by atoms with Crippen LogP contribution in [0.4, 0.5) is 0 Å². The zero-order valence-electron chi connectivity index (χ0n) is 11.7. The van der Waals surface area contributed by atoms with Gasteiger partial charge in [-0.25, -0.2) is 0 Å². The molecule has 0 aliphatic heterocycles. The molecule has 0 amide bonds. The number of hydrogen-bond acceptors (Lipinski definition) is 4. The minimum absolute atomic E-state index is 0.308. The first-order chi connectivity index (χ1) is 9.08. The Balaban J connectivity index is 2.88. The summed E-state index contributed by atoms with van der Waals surface area (Å²) in [4.78, 5) is 23.1. The number of hydrogen-bond donors (Lipinski definition) is 0. The van der Waals surface area contributed by atoms with Gasteiger partial charge in [0.05, 0.1) is 0 Å². The summed E-state index contributed by atoms with van der Waals surface area (Å²) in [5, 5.41) is 0. The number of benzene rings is 1. The third-order valence-electron chi connectivity index (χ3n) is 2.52. The maximum Gasteiger partial charge on any atom is 0.311 e. The molecule has 0 N–H and O–H groups in total. The highest BCUT2D eigenvalue weighted by atomic mass is 16.6. The monoisotopic (exact) mass is 264 g/mol. The van der Waals surface area contributed by atoms with Crippen LogP contribution in [0.1, 0.15) is 45.1 Å². The lowest BCUT2D eigenvalue weighted by Crippen LogP contribution is -2.12. The second-order valence-corrected chi connectivity index (χ2v) is 4.35. The van der Waals surface area contributed by atoms with Gasteiger partial charge in [-0.15, -0.1) is 0 Å². The number of carbonyl (C=O) groups excluding carboxylic acids is 2. The molecule has 0 bridgehead atoms. The Morgan fingerprint density at radius 3 is 2.16 bits per heavy atom. The summed E-state index contributed by atoms with van der Waals surface area (Å²) in [6, 6.07) is 5.21. The van der Waals surface area contributed by atoms with Gasteiger partial charge in [0.1, 0.15) is 0 Å². The number of carbonyl (C=O) groups is 2. The molecule has 1 aromatic carbocycles. The van der Waals surface area contributed by atoms with Crippen LogP contribution in [0.2, 0.25) is 0 Å². The molecule has 0 spiro atoms. The fraction of sp³-hybridized carbons (Fsp3) is 0.467. The van der Waals surface area contributed by atoms with E-state index in [1.165, 1.54) is 0 Å². The van der Waals surface area contributed by atoms with Crippen molar-refractivity contribution < 1.29 is 19.1 Å². The van der Waals surface area contributed by atoms with Gasteiger partial charge >= 0.3 is 11.9 Å². The number of rotatable bonds is 6. The normalized spacial score (nSPS) is 10.1. The lowest BCUT2D eigenvalue weighted by molar-refractivity contribution is -0.137. The van der Waals surface area contributed by atoms with Crippen molar-refractivity contribution in [3.8, 4) is 11.5 Å². The van der Waals surface area contributed by atoms with Gasteiger partial charge in [-0.2, -0.15) is 0 Å². The number of ether oxygens (including phenoxy) is 2. The minimum atomic E-state index is -0.319. The highest BCUT2D eigenvalue weighted by Gasteiger charge is 2.15. The van der Waals surface area contributed by atoms with E-state index in [-0.39, 0.29) is 11.9 Å². The van der Waals surface area contributed by atoms with Gasteiger partial charge in [0.15, 0.2) is 11.5 Å². The molecule has 0 saturated heterocycles.